The minimum absolute atomic E-state index is 0.00540. The summed E-state index contributed by atoms with van der Waals surface area (Å²) in [7, 11) is 0. The zero-order chi connectivity index (χ0) is 17.3. The zero-order valence-corrected chi connectivity index (χ0v) is 14.2. The molecular weight excluding hydrogens is 310 g/mol. The molecular formula is C15H21N7O2. The largest absolute Gasteiger partial charge is 0.485 e. The zero-order valence-electron chi connectivity index (χ0n) is 14.2. The maximum Gasteiger partial charge on any atom is 0.240 e. The molecule has 2 N–H and O–H groups in total. The normalized spacial score (nSPS) is 12.9. The van der Waals surface area contributed by atoms with Crippen LogP contribution in [0.25, 0.3) is 17.0 Å². The second kappa shape index (κ2) is 6.44. The Labute approximate surface area is 139 Å². The first-order valence-corrected chi connectivity index (χ1v) is 7.83. The van der Waals surface area contributed by atoms with E-state index >= 15 is 0 Å². The van der Waals surface area contributed by atoms with Gasteiger partial charge in [-0.1, -0.05) is 0 Å². The second-order valence-corrected chi connectivity index (χ2v) is 5.58. The second-order valence-electron chi connectivity index (χ2n) is 5.58. The molecule has 0 aliphatic carbocycles. The third kappa shape index (κ3) is 3.02. The number of ether oxygens (including phenoxy) is 2. The highest BCUT2D eigenvalue weighted by Gasteiger charge is 2.17. The number of rotatable bonds is 6. The van der Waals surface area contributed by atoms with Crippen LogP contribution in [0, 0.1) is 0 Å². The van der Waals surface area contributed by atoms with Crippen molar-refractivity contribution in [2.75, 3.05) is 12.3 Å². The van der Waals surface area contributed by atoms with Crippen LogP contribution < -0.4 is 10.5 Å². The van der Waals surface area contributed by atoms with Crippen LogP contribution in [0.15, 0.2) is 18.6 Å². The monoisotopic (exact) mass is 331 g/mol. The fourth-order valence-corrected chi connectivity index (χ4v) is 2.37. The Hall–Kier alpha value is -2.68. The van der Waals surface area contributed by atoms with Crippen LogP contribution in [0.4, 0.5) is 5.95 Å². The molecule has 9 nitrogen and oxygen atoms in total. The third-order valence-electron chi connectivity index (χ3n) is 3.35. The number of nitrogens with two attached hydrogens (primary N) is 1. The van der Waals surface area contributed by atoms with Crippen molar-refractivity contribution in [1.29, 1.82) is 0 Å². The number of nitrogens with zero attached hydrogens (tertiary/aromatic N) is 6. The molecule has 0 saturated carbocycles. The fraction of sp³-hybridized carbons (Fsp3) is 0.467. The maximum absolute atomic E-state index is 5.76. The van der Waals surface area contributed by atoms with Crippen molar-refractivity contribution in [3.8, 4) is 17.1 Å². The van der Waals surface area contributed by atoms with E-state index in [1.54, 1.807) is 21.6 Å². The van der Waals surface area contributed by atoms with Crippen molar-refractivity contribution >= 4 is 11.6 Å². The Balaban J connectivity index is 2.04. The fourth-order valence-electron chi connectivity index (χ4n) is 2.37. The Kier molecular flexibility index (Phi) is 4.34. The van der Waals surface area contributed by atoms with Gasteiger partial charge in [0.2, 0.25) is 11.6 Å². The van der Waals surface area contributed by atoms with E-state index in [-0.39, 0.29) is 18.3 Å². The summed E-state index contributed by atoms with van der Waals surface area (Å²) in [6, 6.07) is 0. The van der Waals surface area contributed by atoms with Crippen molar-refractivity contribution in [3.63, 3.8) is 0 Å². The van der Waals surface area contributed by atoms with Gasteiger partial charge >= 0.3 is 0 Å². The lowest BCUT2D eigenvalue weighted by Crippen LogP contribution is -2.09. The first-order chi connectivity index (χ1) is 11.5. The minimum atomic E-state index is -0.163. The summed E-state index contributed by atoms with van der Waals surface area (Å²) in [4.78, 5) is 8.68. The van der Waals surface area contributed by atoms with E-state index in [0.717, 1.165) is 5.56 Å². The van der Waals surface area contributed by atoms with Gasteiger partial charge in [-0.15, -0.1) is 5.10 Å². The molecule has 0 amide bonds. The first kappa shape index (κ1) is 16.2. The van der Waals surface area contributed by atoms with Gasteiger partial charge in [0.25, 0.3) is 0 Å². The molecule has 1 unspecified atom stereocenters. The average Bonchev–Trinajstić information content (AvgIpc) is 3.14. The number of aromatic nitrogens is 6. The van der Waals surface area contributed by atoms with Gasteiger partial charge in [-0.3, -0.25) is 0 Å². The van der Waals surface area contributed by atoms with E-state index in [1.807, 2.05) is 33.9 Å². The Morgan fingerprint density at radius 3 is 2.75 bits per heavy atom. The summed E-state index contributed by atoms with van der Waals surface area (Å²) in [6.45, 7) is 8.35. The van der Waals surface area contributed by atoms with Crippen molar-refractivity contribution in [2.24, 2.45) is 0 Å². The molecule has 128 valence electrons. The molecule has 0 aliphatic heterocycles. The highest BCUT2D eigenvalue weighted by atomic mass is 16.5. The lowest BCUT2D eigenvalue weighted by atomic mass is 10.3. The van der Waals surface area contributed by atoms with Crippen molar-refractivity contribution in [3.05, 3.63) is 18.6 Å². The summed E-state index contributed by atoms with van der Waals surface area (Å²) < 4.78 is 14.6. The highest BCUT2D eigenvalue weighted by molar-refractivity contribution is 5.63. The number of hydrogen-bond acceptors (Lipinski definition) is 7. The van der Waals surface area contributed by atoms with Gasteiger partial charge in [-0.2, -0.15) is 14.6 Å². The van der Waals surface area contributed by atoms with E-state index < -0.39 is 0 Å². The van der Waals surface area contributed by atoms with Crippen LogP contribution in [0.5, 0.6) is 5.75 Å². The number of hydrogen-bond donors (Lipinski definition) is 1. The van der Waals surface area contributed by atoms with Crippen LogP contribution in [0.2, 0.25) is 0 Å². The molecule has 3 aromatic rings. The van der Waals surface area contributed by atoms with E-state index in [4.69, 9.17) is 15.2 Å². The van der Waals surface area contributed by atoms with E-state index in [2.05, 4.69) is 20.2 Å². The topological polar surface area (TPSA) is 105 Å². The van der Waals surface area contributed by atoms with Crippen LogP contribution in [0.1, 0.15) is 33.9 Å². The molecule has 9 heteroatoms. The summed E-state index contributed by atoms with van der Waals surface area (Å²) in [5.74, 6) is 1.28. The summed E-state index contributed by atoms with van der Waals surface area (Å²) in [5, 5.41) is 8.54. The highest BCUT2D eigenvalue weighted by Crippen LogP contribution is 2.25. The van der Waals surface area contributed by atoms with Gasteiger partial charge in [0, 0.05) is 12.8 Å². The molecule has 0 bridgehead atoms. The average molecular weight is 331 g/mol. The Morgan fingerprint density at radius 2 is 2.04 bits per heavy atom. The maximum atomic E-state index is 5.76. The van der Waals surface area contributed by atoms with Gasteiger partial charge < -0.3 is 15.2 Å². The van der Waals surface area contributed by atoms with Gasteiger partial charge in [-0.05, 0) is 27.7 Å². The van der Waals surface area contributed by atoms with Crippen molar-refractivity contribution in [2.45, 2.75) is 40.0 Å². The summed E-state index contributed by atoms with van der Waals surface area (Å²) >= 11 is 0. The third-order valence-corrected chi connectivity index (χ3v) is 3.35. The van der Waals surface area contributed by atoms with Gasteiger partial charge in [0.15, 0.2) is 11.6 Å². The molecule has 0 aliphatic rings. The molecule has 1 atom stereocenters. The molecule has 24 heavy (non-hydrogen) atoms. The molecule has 0 saturated heterocycles. The van der Waals surface area contributed by atoms with E-state index in [1.165, 1.54) is 0 Å². The van der Waals surface area contributed by atoms with Crippen LogP contribution >= 0.6 is 0 Å². The number of fused-ring (bicyclic) bond motifs is 1. The summed E-state index contributed by atoms with van der Waals surface area (Å²) in [5.41, 5.74) is 7.07. The van der Waals surface area contributed by atoms with Gasteiger partial charge in [-0.25, -0.2) is 9.67 Å². The molecule has 0 fully saturated rings. The molecule has 3 heterocycles. The lowest BCUT2D eigenvalue weighted by Gasteiger charge is -2.11. The Morgan fingerprint density at radius 1 is 1.25 bits per heavy atom. The minimum Gasteiger partial charge on any atom is -0.485 e. The van der Waals surface area contributed by atoms with Gasteiger partial charge in [0.05, 0.1) is 24.1 Å². The Bertz CT molecular complexity index is 840. The number of anilines is 1. The SMILES string of the molecule is CCOC(C)n1cc(-c2ncc(OC(C)C)c3nc(N)nn23)cn1. The standard InChI is InChI=1S/C15H21N7O2/c1-5-23-10(4)21-8-11(6-18-21)13-17-7-12(24-9(2)3)14-19-15(16)20-22(13)14/h6-10H,5H2,1-4H3,(H2,16,20). The predicted molar refractivity (Wildman–Crippen MR) is 88.5 cm³/mol. The van der Waals surface area contributed by atoms with Crippen LogP contribution in [-0.4, -0.2) is 42.1 Å². The first-order valence-electron chi connectivity index (χ1n) is 7.83. The lowest BCUT2D eigenvalue weighted by molar-refractivity contribution is 0.0160. The quantitative estimate of drug-likeness (QED) is 0.735. The van der Waals surface area contributed by atoms with Crippen molar-refractivity contribution < 1.29 is 9.47 Å². The smallest absolute Gasteiger partial charge is 0.240 e. The van der Waals surface area contributed by atoms with Crippen LogP contribution in [0.3, 0.4) is 0 Å². The molecule has 0 spiro atoms. The molecule has 3 aromatic heterocycles. The van der Waals surface area contributed by atoms with Crippen molar-refractivity contribution in [1.82, 2.24) is 29.4 Å². The molecule has 3 rings (SSSR count). The van der Waals surface area contributed by atoms with E-state index in [9.17, 15) is 0 Å². The number of nitrogen functional groups attached to an aromatic ring is 1. The van der Waals surface area contributed by atoms with E-state index in [0.29, 0.717) is 23.8 Å². The molecule has 0 radical (unpaired) electrons. The van der Waals surface area contributed by atoms with Crippen LogP contribution in [-0.2, 0) is 4.74 Å². The molecule has 0 aromatic carbocycles. The summed E-state index contributed by atoms with van der Waals surface area (Å²) in [6.07, 6.45) is 5.01. The van der Waals surface area contributed by atoms with Gasteiger partial charge in [0.1, 0.15) is 6.23 Å². The predicted octanol–water partition coefficient (Wildman–Crippen LogP) is 1.91.